The Morgan fingerprint density at radius 3 is 2.50 bits per heavy atom. The van der Waals surface area contributed by atoms with Gasteiger partial charge in [-0.3, -0.25) is 4.79 Å². The van der Waals surface area contributed by atoms with Gasteiger partial charge in [0, 0.05) is 19.1 Å². The van der Waals surface area contributed by atoms with Crippen molar-refractivity contribution in [1.29, 1.82) is 0 Å². The van der Waals surface area contributed by atoms with Gasteiger partial charge < -0.3 is 4.90 Å². The fraction of sp³-hybridized carbons (Fsp3) is 0.611. The quantitative estimate of drug-likeness (QED) is 0.836. The van der Waals surface area contributed by atoms with Crippen molar-refractivity contribution in [3.05, 3.63) is 35.4 Å². The van der Waals surface area contributed by atoms with E-state index in [2.05, 4.69) is 6.07 Å². The first-order valence-corrected chi connectivity index (χ1v) is 10.6. The van der Waals surface area contributed by atoms with Crippen molar-refractivity contribution in [3.8, 4) is 0 Å². The largest absolute Gasteiger partial charge is 0.337 e. The average molecular weight is 350 g/mol. The van der Waals surface area contributed by atoms with E-state index in [4.69, 9.17) is 0 Å². The van der Waals surface area contributed by atoms with Gasteiger partial charge in [-0.25, -0.2) is 8.42 Å². The van der Waals surface area contributed by atoms with E-state index in [1.54, 1.807) is 4.90 Å². The fourth-order valence-corrected chi connectivity index (χ4v) is 4.93. The maximum atomic E-state index is 12.7. The fourth-order valence-electron chi connectivity index (χ4n) is 3.83. The summed E-state index contributed by atoms with van der Waals surface area (Å²) in [6.45, 7) is 1.22. The molecule has 132 valence electrons. The van der Waals surface area contributed by atoms with Gasteiger partial charge in [0.25, 0.3) is 0 Å². The van der Waals surface area contributed by atoms with Crippen LogP contribution in [0.25, 0.3) is 0 Å². The second-order valence-corrected chi connectivity index (χ2v) is 8.87. The molecule has 6 heteroatoms. The van der Waals surface area contributed by atoms with Crippen molar-refractivity contribution in [1.82, 2.24) is 9.21 Å². The first kappa shape index (κ1) is 17.4. The maximum absolute atomic E-state index is 12.7. The molecule has 2 aliphatic rings. The Morgan fingerprint density at radius 2 is 1.83 bits per heavy atom. The summed E-state index contributed by atoms with van der Waals surface area (Å²) in [4.78, 5) is 14.5. The van der Waals surface area contributed by atoms with Gasteiger partial charge in [-0.1, -0.05) is 43.5 Å². The van der Waals surface area contributed by atoms with E-state index in [1.807, 2.05) is 18.2 Å². The molecule has 1 amide bonds. The van der Waals surface area contributed by atoms with Crippen LogP contribution in [-0.2, 0) is 27.8 Å². The van der Waals surface area contributed by atoms with Gasteiger partial charge in [-0.15, -0.1) is 0 Å². The smallest absolute Gasteiger partial charge is 0.238 e. The van der Waals surface area contributed by atoms with Gasteiger partial charge >= 0.3 is 0 Å². The molecular formula is C18H26N2O3S. The molecule has 1 aliphatic carbocycles. The molecule has 0 radical (unpaired) electrons. The summed E-state index contributed by atoms with van der Waals surface area (Å²) in [6, 6.07) is 8.13. The Balaban J connectivity index is 1.70. The number of rotatable bonds is 4. The predicted molar refractivity (Wildman–Crippen MR) is 94.0 cm³/mol. The van der Waals surface area contributed by atoms with Gasteiger partial charge in [-0.05, 0) is 30.4 Å². The lowest BCUT2D eigenvalue weighted by Gasteiger charge is -2.35. The number of carbonyl (C=O) groups is 1. The van der Waals surface area contributed by atoms with Gasteiger partial charge in [0.05, 0.1) is 12.8 Å². The van der Waals surface area contributed by atoms with Crippen LogP contribution in [0, 0.1) is 0 Å². The third-order valence-electron chi connectivity index (χ3n) is 5.18. The summed E-state index contributed by atoms with van der Waals surface area (Å²) in [5, 5.41) is 0. The lowest BCUT2D eigenvalue weighted by atomic mass is 9.95. The Bertz CT molecular complexity index is 696. The highest BCUT2D eigenvalue weighted by molar-refractivity contribution is 7.88. The molecule has 0 aromatic heterocycles. The second kappa shape index (κ2) is 7.23. The van der Waals surface area contributed by atoms with Crippen molar-refractivity contribution < 1.29 is 13.2 Å². The van der Waals surface area contributed by atoms with Gasteiger partial charge in [0.15, 0.2) is 0 Å². The van der Waals surface area contributed by atoms with Crippen LogP contribution >= 0.6 is 0 Å². The maximum Gasteiger partial charge on any atom is 0.238 e. The molecule has 1 saturated carbocycles. The molecule has 0 saturated heterocycles. The van der Waals surface area contributed by atoms with Crippen LogP contribution in [0.5, 0.6) is 0 Å². The molecule has 1 aromatic carbocycles. The molecule has 0 unspecified atom stereocenters. The summed E-state index contributed by atoms with van der Waals surface area (Å²) in [7, 11) is -3.37. The zero-order valence-electron chi connectivity index (χ0n) is 14.3. The lowest BCUT2D eigenvalue weighted by Crippen LogP contribution is -2.48. The van der Waals surface area contributed by atoms with Gasteiger partial charge in [-0.2, -0.15) is 4.31 Å². The standard InChI is InChI=1S/C18H26N2O3S/c1-24(22,23)20(17-9-3-2-4-10-17)14-18(21)19-12-11-15-7-5-6-8-16(15)13-19/h5-8,17H,2-4,9-14H2,1H3. The normalized spacial score (nSPS) is 19.3. The van der Waals surface area contributed by atoms with Crippen LogP contribution in [0.2, 0.25) is 0 Å². The van der Waals surface area contributed by atoms with E-state index in [0.29, 0.717) is 13.1 Å². The topological polar surface area (TPSA) is 57.7 Å². The molecule has 5 nitrogen and oxygen atoms in total. The molecule has 0 atom stereocenters. The Morgan fingerprint density at radius 1 is 1.17 bits per heavy atom. The first-order chi connectivity index (χ1) is 11.4. The third kappa shape index (κ3) is 3.98. The van der Waals surface area contributed by atoms with Crippen LogP contribution in [0.3, 0.4) is 0 Å². The van der Waals surface area contributed by atoms with E-state index >= 15 is 0 Å². The van der Waals surface area contributed by atoms with E-state index in [0.717, 1.165) is 38.5 Å². The molecule has 1 aromatic rings. The number of nitrogens with zero attached hydrogens (tertiary/aromatic N) is 2. The van der Waals surface area contributed by atoms with Crippen LogP contribution in [0.4, 0.5) is 0 Å². The van der Waals surface area contributed by atoms with Crippen LogP contribution in [-0.4, -0.2) is 48.9 Å². The first-order valence-electron chi connectivity index (χ1n) is 8.76. The highest BCUT2D eigenvalue weighted by Crippen LogP contribution is 2.25. The van der Waals surface area contributed by atoms with Crippen molar-refractivity contribution >= 4 is 15.9 Å². The zero-order chi connectivity index (χ0) is 17.2. The number of carbonyl (C=O) groups excluding carboxylic acids is 1. The Hall–Kier alpha value is -1.40. The van der Waals surface area contributed by atoms with Crippen LogP contribution < -0.4 is 0 Å². The Labute approximate surface area is 144 Å². The second-order valence-electron chi connectivity index (χ2n) is 6.93. The van der Waals surface area contributed by atoms with E-state index in [-0.39, 0.29) is 18.5 Å². The lowest BCUT2D eigenvalue weighted by molar-refractivity contribution is -0.132. The summed E-state index contributed by atoms with van der Waals surface area (Å²) < 4.78 is 25.8. The minimum absolute atomic E-state index is 0.0187. The highest BCUT2D eigenvalue weighted by Gasteiger charge is 2.32. The van der Waals surface area contributed by atoms with E-state index in [9.17, 15) is 13.2 Å². The SMILES string of the molecule is CS(=O)(=O)N(CC(=O)N1CCc2ccccc2C1)C1CCCCC1. The van der Waals surface area contributed by atoms with E-state index < -0.39 is 10.0 Å². The van der Waals surface area contributed by atoms with Crippen molar-refractivity contribution in [2.24, 2.45) is 0 Å². The minimum atomic E-state index is -3.37. The average Bonchev–Trinajstić information content (AvgIpc) is 2.58. The number of fused-ring (bicyclic) bond motifs is 1. The molecule has 24 heavy (non-hydrogen) atoms. The van der Waals surface area contributed by atoms with Gasteiger partial charge in [0.2, 0.25) is 15.9 Å². The molecule has 1 aliphatic heterocycles. The summed E-state index contributed by atoms with van der Waals surface area (Å²) in [6.07, 6.45) is 7.03. The molecule has 3 rings (SSSR count). The molecule has 0 N–H and O–H groups in total. The summed E-state index contributed by atoms with van der Waals surface area (Å²) in [5.41, 5.74) is 2.45. The van der Waals surface area contributed by atoms with Crippen LogP contribution in [0.15, 0.2) is 24.3 Å². The molecular weight excluding hydrogens is 324 g/mol. The zero-order valence-corrected chi connectivity index (χ0v) is 15.1. The number of hydrogen-bond donors (Lipinski definition) is 0. The van der Waals surface area contributed by atoms with Crippen LogP contribution in [0.1, 0.15) is 43.2 Å². The van der Waals surface area contributed by atoms with E-state index in [1.165, 1.54) is 21.7 Å². The van der Waals surface area contributed by atoms with Crippen molar-refractivity contribution in [3.63, 3.8) is 0 Å². The number of hydrogen-bond acceptors (Lipinski definition) is 3. The highest BCUT2D eigenvalue weighted by atomic mass is 32.2. The summed E-state index contributed by atoms with van der Waals surface area (Å²) in [5.74, 6) is -0.0829. The van der Waals surface area contributed by atoms with Crippen molar-refractivity contribution in [2.75, 3.05) is 19.3 Å². The number of amides is 1. The molecule has 1 fully saturated rings. The molecule has 0 spiro atoms. The monoisotopic (exact) mass is 350 g/mol. The Kier molecular flexibility index (Phi) is 5.25. The predicted octanol–water partition coefficient (Wildman–Crippen LogP) is 2.17. The van der Waals surface area contributed by atoms with Crippen molar-refractivity contribution in [2.45, 2.75) is 51.1 Å². The molecule has 0 bridgehead atoms. The number of benzene rings is 1. The molecule has 1 heterocycles. The third-order valence-corrected chi connectivity index (χ3v) is 6.46. The minimum Gasteiger partial charge on any atom is -0.337 e. The number of sulfonamides is 1. The van der Waals surface area contributed by atoms with Gasteiger partial charge in [0.1, 0.15) is 0 Å². The summed E-state index contributed by atoms with van der Waals surface area (Å²) >= 11 is 0.